The number of hydrogen-bond acceptors (Lipinski definition) is 3. The van der Waals surface area contributed by atoms with Gasteiger partial charge in [0.1, 0.15) is 12.4 Å². The van der Waals surface area contributed by atoms with Crippen LogP contribution in [0.5, 0.6) is 0 Å². The van der Waals surface area contributed by atoms with Crippen molar-refractivity contribution in [3.8, 4) is 0 Å². The van der Waals surface area contributed by atoms with Crippen LogP contribution in [0.1, 0.15) is 42.1 Å². The van der Waals surface area contributed by atoms with Gasteiger partial charge in [-0.25, -0.2) is 22.8 Å². The molecule has 0 bridgehead atoms. The molecule has 1 amide bonds. The van der Waals surface area contributed by atoms with Crippen molar-refractivity contribution in [2.24, 2.45) is 0 Å². The SMILES string of the molecule is Cc1nn(CC(=O)Nc2ccc(F)c(Cl)c2)c2nc(C3CC3)cc(C(F)F)c12. The van der Waals surface area contributed by atoms with E-state index < -0.39 is 18.1 Å². The van der Waals surface area contributed by atoms with E-state index in [9.17, 15) is 18.0 Å². The number of amides is 1. The van der Waals surface area contributed by atoms with E-state index in [1.54, 1.807) is 6.92 Å². The van der Waals surface area contributed by atoms with E-state index >= 15 is 0 Å². The summed E-state index contributed by atoms with van der Waals surface area (Å²) in [6.07, 6.45) is -0.824. The fourth-order valence-corrected chi connectivity index (χ4v) is 3.37. The maximum Gasteiger partial charge on any atom is 0.264 e. The molecule has 1 aromatic carbocycles. The predicted molar refractivity (Wildman–Crippen MR) is 99.2 cm³/mol. The minimum absolute atomic E-state index is 0.110. The Bertz CT molecular complexity index is 1080. The fraction of sp³-hybridized carbons (Fsp3) is 0.316. The Labute approximate surface area is 163 Å². The lowest BCUT2D eigenvalue weighted by Gasteiger charge is -2.09. The molecule has 5 nitrogen and oxygen atoms in total. The highest BCUT2D eigenvalue weighted by Crippen LogP contribution is 2.41. The number of pyridine rings is 1. The van der Waals surface area contributed by atoms with E-state index in [4.69, 9.17) is 11.6 Å². The van der Waals surface area contributed by atoms with Gasteiger partial charge in [0.05, 0.1) is 16.1 Å². The van der Waals surface area contributed by atoms with Crippen LogP contribution in [0, 0.1) is 12.7 Å². The van der Waals surface area contributed by atoms with Gasteiger partial charge in [0, 0.05) is 22.9 Å². The molecule has 1 fully saturated rings. The molecule has 1 N–H and O–H groups in total. The molecule has 146 valence electrons. The number of carbonyl (C=O) groups excluding carboxylic acids is 1. The Kier molecular flexibility index (Phi) is 4.74. The van der Waals surface area contributed by atoms with E-state index in [0.717, 1.165) is 18.9 Å². The van der Waals surface area contributed by atoms with E-state index in [0.29, 0.717) is 17.1 Å². The summed E-state index contributed by atoms with van der Waals surface area (Å²) >= 11 is 5.71. The topological polar surface area (TPSA) is 59.8 Å². The van der Waals surface area contributed by atoms with Gasteiger partial charge in [-0.3, -0.25) is 4.79 Å². The van der Waals surface area contributed by atoms with Gasteiger partial charge in [0.2, 0.25) is 5.91 Å². The number of nitrogens with zero attached hydrogens (tertiary/aromatic N) is 3. The molecule has 0 unspecified atom stereocenters. The van der Waals surface area contributed by atoms with Gasteiger partial charge in [0.15, 0.2) is 5.65 Å². The first kappa shape index (κ1) is 18.7. The van der Waals surface area contributed by atoms with Gasteiger partial charge >= 0.3 is 0 Å². The van der Waals surface area contributed by atoms with Crippen LogP contribution in [0.4, 0.5) is 18.9 Å². The molecular formula is C19H16ClF3N4O. The summed E-state index contributed by atoms with van der Waals surface area (Å²) in [6, 6.07) is 5.26. The van der Waals surface area contributed by atoms with Crippen LogP contribution >= 0.6 is 11.6 Å². The summed E-state index contributed by atoms with van der Waals surface area (Å²) in [5.74, 6) is -0.866. The number of fused-ring (bicyclic) bond motifs is 1. The summed E-state index contributed by atoms with van der Waals surface area (Å²) in [4.78, 5) is 16.9. The number of halogens is 4. The second kappa shape index (κ2) is 7.09. The minimum Gasteiger partial charge on any atom is -0.324 e. The molecule has 28 heavy (non-hydrogen) atoms. The van der Waals surface area contributed by atoms with Crippen LogP contribution in [0.25, 0.3) is 11.0 Å². The Hall–Kier alpha value is -2.61. The van der Waals surface area contributed by atoms with E-state index in [1.165, 1.54) is 22.9 Å². The average molecular weight is 409 g/mol. The number of anilines is 1. The summed E-state index contributed by atoms with van der Waals surface area (Å²) < 4.78 is 41.7. The summed E-state index contributed by atoms with van der Waals surface area (Å²) in [5.41, 5.74) is 1.47. The van der Waals surface area contributed by atoms with Crippen molar-refractivity contribution < 1.29 is 18.0 Å². The second-order valence-corrected chi connectivity index (χ2v) is 7.24. The van der Waals surface area contributed by atoms with Crippen molar-refractivity contribution in [3.05, 3.63) is 52.1 Å². The smallest absolute Gasteiger partial charge is 0.264 e. The van der Waals surface area contributed by atoms with Crippen molar-refractivity contribution in [2.45, 2.75) is 38.7 Å². The first-order valence-corrected chi connectivity index (χ1v) is 9.12. The molecule has 0 radical (unpaired) electrons. The molecule has 9 heteroatoms. The van der Waals surface area contributed by atoms with Gasteiger partial charge in [-0.05, 0) is 44.0 Å². The Balaban J connectivity index is 1.66. The van der Waals surface area contributed by atoms with Crippen LogP contribution in [0.2, 0.25) is 5.02 Å². The zero-order chi connectivity index (χ0) is 20.0. The molecule has 1 aliphatic rings. The number of rotatable bonds is 5. The van der Waals surface area contributed by atoms with E-state index in [1.807, 2.05) is 0 Å². The number of hydrogen-bond donors (Lipinski definition) is 1. The van der Waals surface area contributed by atoms with Crippen LogP contribution in [0.15, 0.2) is 24.3 Å². The molecule has 1 saturated carbocycles. The molecular weight excluding hydrogens is 393 g/mol. The summed E-state index contributed by atoms with van der Waals surface area (Å²) in [7, 11) is 0. The molecule has 2 heterocycles. The van der Waals surface area contributed by atoms with Crippen LogP contribution < -0.4 is 5.32 Å². The molecule has 0 spiro atoms. The molecule has 3 aromatic rings. The zero-order valence-electron chi connectivity index (χ0n) is 14.8. The normalized spacial score (nSPS) is 14.1. The van der Waals surface area contributed by atoms with Gasteiger partial charge in [-0.1, -0.05) is 11.6 Å². The third kappa shape index (κ3) is 3.56. The van der Waals surface area contributed by atoms with Crippen molar-refractivity contribution in [2.75, 3.05) is 5.32 Å². The van der Waals surface area contributed by atoms with Crippen LogP contribution in [-0.2, 0) is 11.3 Å². The first-order chi connectivity index (χ1) is 13.3. The number of aromatic nitrogens is 3. The second-order valence-electron chi connectivity index (χ2n) is 6.83. The lowest BCUT2D eigenvalue weighted by molar-refractivity contribution is -0.116. The molecule has 2 aromatic heterocycles. The van der Waals surface area contributed by atoms with Gasteiger partial charge in [-0.2, -0.15) is 5.10 Å². The van der Waals surface area contributed by atoms with Gasteiger partial charge < -0.3 is 5.32 Å². The Morgan fingerprint density at radius 3 is 2.75 bits per heavy atom. The van der Waals surface area contributed by atoms with Crippen molar-refractivity contribution in [1.82, 2.24) is 14.8 Å². The van der Waals surface area contributed by atoms with E-state index in [2.05, 4.69) is 15.4 Å². The molecule has 0 aliphatic heterocycles. The maximum atomic E-state index is 13.6. The van der Waals surface area contributed by atoms with Crippen LogP contribution in [0.3, 0.4) is 0 Å². The third-order valence-corrected chi connectivity index (χ3v) is 4.94. The fourth-order valence-electron chi connectivity index (χ4n) is 3.19. The lowest BCUT2D eigenvalue weighted by Crippen LogP contribution is -2.20. The quantitative estimate of drug-likeness (QED) is 0.647. The summed E-state index contributed by atoms with van der Waals surface area (Å²) in [6.45, 7) is 1.39. The standard InChI is InChI=1S/C19H16ClF3N4O/c1-9-17-12(18(22)23)7-15(10-2-3-10)25-19(17)27(26-9)8-16(28)24-11-4-5-14(21)13(20)6-11/h4-7,10,18H,2-3,8H2,1H3,(H,24,28). The summed E-state index contributed by atoms with van der Waals surface area (Å²) in [5, 5.41) is 6.99. The Morgan fingerprint density at radius 2 is 2.11 bits per heavy atom. The zero-order valence-corrected chi connectivity index (χ0v) is 15.6. The number of carbonyl (C=O) groups is 1. The van der Waals surface area contributed by atoms with Crippen LogP contribution in [-0.4, -0.2) is 20.7 Å². The number of nitrogens with one attached hydrogen (secondary N) is 1. The number of benzene rings is 1. The van der Waals surface area contributed by atoms with Crippen molar-refractivity contribution in [3.63, 3.8) is 0 Å². The van der Waals surface area contributed by atoms with E-state index in [-0.39, 0.29) is 34.1 Å². The number of aryl methyl sites for hydroxylation is 1. The third-order valence-electron chi connectivity index (χ3n) is 4.66. The van der Waals surface area contributed by atoms with Gasteiger partial charge in [-0.15, -0.1) is 0 Å². The maximum absolute atomic E-state index is 13.6. The monoisotopic (exact) mass is 408 g/mol. The highest BCUT2D eigenvalue weighted by atomic mass is 35.5. The van der Waals surface area contributed by atoms with Gasteiger partial charge in [0.25, 0.3) is 6.43 Å². The first-order valence-electron chi connectivity index (χ1n) is 8.74. The Morgan fingerprint density at radius 1 is 1.36 bits per heavy atom. The minimum atomic E-state index is -2.66. The largest absolute Gasteiger partial charge is 0.324 e. The lowest BCUT2D eigenvalue weighted by atomic mass is 10.1. The molecule has 0 saturated heterocycles. The van der Waals surface area contributed by atoms with Crippen molar-refractivity contribution in [1.29, 1.82) is 0 Å². The number of alkyl halides is 2. The predicted octanol–water partition coefficient (Wildman–Crippen LogP) is 4.99. The molecule has 0 atom stereocenters. The average Bonchev–Trinajstić information content (AvgIpc) is 3.44. The van der Waals surface area contributed by atoms with Crippen molar-refractivity contribution >= 4 is 34.2 Å². The molecule has 1 aliphatic carbocycles. The molecule has 4 rings (SSSR count). The highest BCUT2D eigenvalue weighted by molar-refractivity contribution is 6.31. The highest BCUT2D eigenvalue weighted by Gasteiger charge is 2.29.